The number of aromatic nitrogens is 2. The summed E-state index contributed by atoms with van der Waals surface area (Å²) in [7, 11) is 0. The van der Waals surface area contributed by atoms with E-state index in [4.69, 9.17) is 0 Å². The summed E-state index contributed by atoms with van der Waals surface area (Å²) in [5, 5.41) is 10.4. The Morgan fingerprint density at radius 2 is 2.17 bits per heavy atom. The topological polar surface area (TPSA) is 49.2 Å². The lowest BCUT2D eigenvalue weighted by molar-refractivity contribution is 0.208. The van der Waals surface area contributed by atoms with E-state index in [9.17, 15) is 5.11 Å². The number of hydrogen-bond donors (Lipinski definition) is 1. The van der Waals surface area contributed by atoms with E-state index in [2.05, 4.69) is 20.9 Å². The zero-order valence-electron chi connectivity index (χ0n) is 10.3. The number of aliphatic hydroxyl groups excluding tert-OH is 1. The second-order valence-corrected chi connectivity index (χ2v) is 4.85. The van der Waals surface area contributed by atoms with Gasteiger partial charge in [-0.1, -0.05) is 12.1 Å². The predicted octanol–water partition coefficient (Wildman–Crippen LogP) is 1.84. The fourth-order valence-electron chi connectivity index (χ4n) is 2.65. The van der Waals surface area contributed by atoms with Gasteiger partial charge in [0, 0.05) is 25.1 Å². The monoisotopic (exact) mass is 243 g/mol. The molecule has 2 aromatic rings. The van der Waals surface area contributed by atoms with Gasteiger partial charge in [-0.2, -0.15) is 0 Å². The first kappa shape index (κ1) is 11.4. The van der Waals surface area contributed by atoms with Crippen LogP contribution in [0.15, 0.2) is 30.6 Å². The first-order valence-corrected chi connectivity index (χ1v) is 6.44. The van der Waals surface area contributed by atoms with E-state index in [0.717, 1.165) is 42.7 Å². The van der Waals surface area contributed by atoms with E-state index < -0.39 is 0 Å². The molecule has 1 saturated heterocycles. The smallest absolute Gasteiger partial charge is 0.139 e. The van der Waals surface area contributed by atoms with Crippen molar-refractivity contribution in [3.8, 4) is 0 Å². The summed E-state index contributed by atoms with van der Waals surface area (Å²) in [5.41, 5.74) is 0.980. The average Bonchev–Trinajstić information content (AvgIpc) is 2.47. The summed E-state index contributed by atoms with van der Waals surface area (Å²) < 4.78 is 0. The van der Waals surface area contributed by atoms with Crippen molar-refractivity contribution in [1.29, 1.82) is 0 Å². The Balaban J connectivity index is 1.98. The van der Waals surface area contributed by atoms with Crippen molar-refractivity contribution in [2.45, 2.75) is 12.8 Å². The van der Waals surface area contributed by atoms with Crippen molar-refractivity contribution < 1.29 is 5.11 Å². The van der Waals surface area contributed by atoms with Crippen molar-refractivity contribution >= 4 is 16.7 Å². The van der Waals surface area contributed by atoms with E-state index in [-0.39, 0.29) is 6.61 Å². The van der Waals surface area contributed by atoms with Gasteiger partial charge in [-0.15, -0.1) is 0 Å². The molecule has 18 heavy (non-hydrogen) atoms. The number of piperidine rings is 1. The van der Waals surface area contributed by atoms with E-state index in [1.807, 2.05) is 18.2 Å². The zero-order chi connectivity index (χ0) is 12.4. The highest BCUT2D eigenvalue weighted by atomic mass is 16.3. The minimum atomic E-state index is 0.263. The third-order valence-electron chi connectivity index (χ3n) is 3.60. The second kappa shape index (κ2) is 4.90. The van der Waals surface area contributed by atoms with E-state index in [1.54, 1.807) is 6.33 Å². The Labute approximate surface area is 106 Å². The van der Waals surface area contributed by atoms with Gasteiger partial charge in [0.2, 0.25) is 0 Å². The lowest BCUT2D eigenvalue weighted by Crippen LogP contribution is -2.37. The number of fused-ring (bicyclic) bond motifs is 1. The molecule has 0 aliphatic carbocycles. The van der Waals surface area contributed by atoms with Gasteiger partial charge in [-0.25, -0.2) is 9.97 Å². The molecule has 0 spiro atoms. The van der Waals surface area contributed by atoms with E-state index in [1.165, 1.54) is 0 Å². The van der Waals surface area contributed by atoms with Gasteiger partial charge in [0.1, 0.15) is 12.1 Å². The fourth-order valence-corrected chi connectivity index (χ4v) is 2.65. The third kappa shape index (κ3) is 2.04. The Hall–Kier alpha value is -1.68. The lowest BCUT2D eigenvalue weighted by Gasteiger charge is -2.33. The molecule has 0 bridgehead atoms. The normalized spacial score (nSPS) is 20.3. The molecular weight excluding hydrogens is 226 g/mol. The van der Waals surface area contributed by atoms with Crippen LogP contribution in [0, 0.1) is 5.92 Å². The van der Waals surface area contributed by atoms with Gasteiger partial charge in [-0.05, 0) is 30.9 Å². The summed E-state index contributed by atoms with van der Waals surface area (Å²) >= 11 is 0. The van der Waals surface area contributed by atoms with Crippen LogP contribution in [-0.4, -0.2) is 34.8 Å². The van der Waals surface area contributed by atoms with Crippen molar-refractivity contribution in [1.82, 2.24) is 9.97 Å². The molecule has 0 unspecified atom stereocenters. The van der Waals surface area contributed by atoms with E-state index in [0.29, 0.717) is 5.92 Å². The molecule has 1 N–H and O–H groups in total. The fraction of sp³-hybridized carbons (Fsp3) is 0.429. The molecule has 0 amide bonds. The molecule has 4 nitrogen and oxygen atoms in total. The summed E-state index contributed by atoms with van der Waals surface area (Å²) in [5.74, 6) is 1.37. The summed E-state index contributed by atoms with van der Waals surface area (Å²) in [6, 6.07) is 8.08. The Morgan fingerprint density at radius 1 is 1.28 bits per heavy atom. The number of rotatable bonds is 2. The number of benzene rings is 1. The molecule has 1 aromatic heterocycles. The zero-order valence-corrected chi connectivity index (χ0v) is 10.3. The molecule has 1 fully saturated rings. The maximum absolute atomic E-state index is 9.31. The summed E-state index contributed by atoms with van der Waals surface area (Å²) in [4.78, 5) is 11.0. The van der Waals surface area contributed by atoms with Gasteiger partial charge in [0.05, 0.1) is 5.52 Å². The maximum Gasteiger partial charge on any atom is 0.139 e. The van der Waals surface area contributed by atoms with Crippen LogP contribution >= 0.6 is 0 Å². The molecule has 0 saturated carbocycles. The Kier molecular flexibility index (Phi) is 3.11. The molecule has 1 atom stereocenters. The minimum Gasteiger partial charge on any atom is -0.396 e. The minimum absolute atomic E-state index is 0.263. The molecule has 3 rings (SSSR count). The molecule has 94 valence electrons. The van der Waals surface area contributed by atoms with Crippen LogP contribution in [0.1, 0.15) is 12.8 Å². The van der Waals surface area contributed by atoms with Crippen LogP contribution in [-0.2, 0) is 0 Å². The highest BCUT2D eigenvalue weighted by Gasteiger charge is 2.21. The quantitative estimate of drug-likeness (QED) is 0.874. The SMILES string of the molecule is OC[C@H]1CCCN(c2ncnc3ccccc23)C1. The average molecular weight is 243 g/mol. The highest BCUT2D eigenvalue weighted by molar-refractivity contribution is 5.89. The van der Waals surface area contributed by atoms with Gasteiger partial charge in [-0.3, -0.25) is 0 Å². The van der Waals surface area contributed by atoms with Gasteiger partial charge in [0.15, 0.2) is 0 Å². The lowest BCUT2D eigenvalue weighted by atomic mass is 9.99. The number of hydrogen-bond acceptors (Lipinski definition) is 4. The summed E-state index contributed by atoms with van der Waals surface area (Å²) in [6.45, 7) is 2.16. The number of para-hydroxylation sites is 1. The van der Waals surface area contributed by atoms with Gasteiger partial charge >= 0.3 is 0 Å². The third-order valence-corrected chi connectivity index (χ3v) is 3.60. The van der Waals surface area contributed by atoms with Crippen molar-refractivity contribution in [2.75, 3.05) is 24.6 Å². The molecule has 1 aliphatic rings. The number of aliphatic hydroxyl groups is 1. The Morgan fingerprint density at radius 3 is 3.06 bits per heavy atom. The van der Waals surface area contributed by atoms with Gasteiger partial charge in [0.25, 0.3) is 0 Å². The van der Waals surface area contributed by atoms with Crippen LogP contribution in [0.2, 0.25) is 0 Å². The maximum atomic E-state index is 9.31. The molecule has 4 heteroatoms. The largest absolute Gasteiger partial charge is 0.396 e. The summed E-state index contributed by atoms with van der Waals surface area (Å²) in [6.07, 6.45) is 3.85. The highest BCUT2D eigenvalue weighted by Crippen LogP contribution is 2.26. The molecule has 1 aliphatic heterocycles. The molecular formula is C14H17N3O. The van der Waals surface area contributed by atoms with Crippen LogP contribution < -0.4 is 4.90 Å². The van der Waals surface area contributed by atoms with Gasteiger partial charge < -0.3 is 10.0 Å². The number of anilines is 1. The van der Waals surface area contributed by atoms with E-state index >= 15 is 0 Å². The van der Waals surface area contributed by atoms with Crippen LogP contribution in [0.25, 0.3) is 10.9 Å². The first-order valence-electron chi connectivity index (χ1n) is 6.44. The second-order valence-electron chi connectivity index (χ2n) is 4.85. The molecule has 0 radical (unpaired) electrons. The van der Waals surface area contributed by atoms with Crippen molar-refractivity contribution in [2.24, 2.45) is 5.92 Å². The van der Waals surface area contributed by atoms with Crippen LogP contribution in [0.5, 0.6) is 0 Å². The van der Waals surface area contributed by atoms with Crippen LogP contribution in [0.3, 0.4) is 0 Å². The molecule has 2 heterocycles. The number of nitrogens with zero attached hydrogens (tertiary/aromatic N) is 3. The van der Waals surface area contributed by atoms with Crippen molar-refractivity contribution in [3.63, 3.8) is 0 Å². The standard InChI is InChI=1S/C14H17N3O/c18-9-11-4-3-7-17(8-11)14-12-5-1-2-6-13(12)15-10-16-14/h1-2,5-6,10-11,18H,3-4,7-9H2/t11-/m0/s1. The molecule has 1 aromatic carbocycles. The van der Waals surface area contributed by atoms with Crippen molar-refractivity contribution in [3.05, 3.63) is 30.6 Å². The predicted molar refractivity (Wildman–Crippen MR) is 71.6 cm³/mol. The Bertz CT molecular complexity index is 538. The van der Waals surface area contributed by atoms with Crippen LogP contribution in [0.4, 0.5) is 5.82 Å². The first-order chi connectivity index (χ1) is 8.88.